The standard InChI is InChI=1S/C14H9ClF2O2/c15-11-3-1-2-4-14(11)19-8-13(18)10-6-5-9(16)7-12(10)17/h1-7H,8H2. The summed E-state index contributed by atoms with van der Waals surface area (Å²) in [5.74, 6) is -1.90. The van der Waals surface area contributed by atoms with Gasteiger partial charge in [0.05, 0.1) is 10.6 Å². The van der Waals surface area contributed by atoms with Crippen molar-refractivity contribution in [1.29, 1.82) is 0 Å². The number of halogens is 3. The van der Waals surface area contributed by atoms with E-state index in [4.69, 9.17) is 16.3 Å². The Balaban J connectivity index is 2.08. The van der Waals surface area contributed by atoms with Gasteiger partial charge in [0.25, 0.3) is 0 Å². The van der Waals surface area contributed by atoms with E-state index in [0.29, 0.717) is 16.8 Å². The Morgan fingerprint density at radius 3 is 2.58 bits per heavy atom. The highest BCUT2D eigenvalue weighted by atomic mass is 35.5. The Labute approximate surface area is 113 Å². The molecule has 0 radical (unpaired) electrons. The van der Waals surface area contributed by atoms with Crippen molar-refractivity contribution in [2.45, 2.75) is 0 Å². The van der Waals surface area contributed by atoms with Crippen LogP contribution in [-0.2, 0) is 0 Å². The molecular formula is C14H9ClF2O2. The zero-order valence-corrected chi connectivity index (χ0v) is 10.5. The summed E-state index contributed by atoms with van der Waals surface area (Å²) in [4.78, 5) is 11.7. The van der Waals surface area contributed by atoms with Crippen molar-refractivity contribution in [2.75, 3.05) is 6.61 Å². The van der Waals surface area contributed by atoms with E-state index in [-0.39, 0.29) is 12.2 Å². The molecule has 0 heterocycles. The van der Waals surface area contributed by atoms with Gasteiger partial charge in [0.1, 0.15) is 17.4 Å². The van der Waals surface area contributed by atoms with Crippen LogP contribution in [0.1, 0.15) is 10.4 Å². The molecule has 0 unspecified atom stereocenters. The first-order chi connectivity index (χ1) is 9.08. The molecule has 2 nitrogen and oxygen atoms in total. The van der Waals surface area contributed by atoms with E-state index in [0.717, 1.165) is 12.1 Å². The van der Waals surface area contributed by atoms with E-state index in [1.807, 2.05) is 0 Å². The van der Waals surface area contributed by atoms with Crippen LogP contribution in [0.25, 0.3) is 0 Å². The quantitative estimate of drug-likeness (QED) is 0.796. The molecule has 19 heavy (non-hydrogen) atoms. The van der Waals surface area contributed by atoms with E-state index in [1.165, 1.54) is 0 Å². The van der Waals surface area contributed by atoms with Gasteiger partial charge in [-0.25, -0.2) is 8.78 Å². The molecule has 0 saturated heterocycles. The van der Waals surface area contributed by atoms with Crippen molar-refractivity contribution in [1.82, 2.24) is 0 Å². The first-order valence-corrected chi connectivity index (χ1v) is 5.81. The van der Waals surface area contributed by atoms with E-state index in [1.54, 1.807) is 24.3 Å². The largest absolute Gasteiger partial charge is 0.484 e. The number of rotatable bonds is 4. The van der Waals surface area contributed by atoms with Gasteiger partial charge < -0.3 is 4.74 Å². The predicted octanol–water partition coefficient (Wildman–Crippen LogP) is 3.88. The molecule has 0 atom stereocenters. The number of carbonyl (C=O) groups is 1. The molecule has 0 saturated carbocycles. The molecule has 0 aromatic heterocycles. The molecule has 2 rings (SSSR count). The number of Topliss-reactive ketones (excluding diaryl/α,β-unsaturated/α-hetero) is 1. The summed E-state index contributed by atoms with van der Waals surface area (Å²) in [6, 6.07) is 9.38. The monoisotopic (exact) mass is 282 g/mol. The van der Waals surface area contributed by atoms with Crippen LogP contribution in [-0.4, -0.2) is 12.4 Å². The van der Waals surface area contributed by atoms with Gasteiger partial charge in [-0.3, -0.25) is 4.79 Å². The van der Waals surface area contributed by atoms with Crippen molar-refractivity contribution in [3.05, 3.63) is 64.7 Å². The number of ketones is 1. The Hall–Kier alpha value is -1.94. The molecule has 0 bridgehead atoms. The lowest BCUT2D eigenvalue weighted by atomic mass is 10.1. The fraction of sp³-hybridized carbons (Fsp3) is 0.0714. The Kier molecular flexibility index (Phi) is 4.12. The Morgan fingerprint density at radius 2 is 1.89 bits per heavy atom. The van der Waals surface area contributed by atoms with Gasteiger partial charge in [-0.15, -0.1) is 0 Å². The van der Waals surface area contributed by atoms with Gasteiger partial charge in [-0.1, -0.05) is 23.7 Å². The zero-order valence-electron chi connectivity index (χ0n) is 9.70. The average Bonchev–Trinajstić information content (AvgIpc) is 2.37. The van der Waals surface area contributed by atoms with Crippen LogP contribution in [0.4, 0.5) is 8.78 Å². The second-order valence-corrected chi connectivity index (χ2v) is 4.17. The fourth-order valence-corrected chi connectivity index (χ4v) is 1.69. The first-order valence-electron chi connectivity index (χ1n) is 5.43. The molecule has 0 amide bonds. The van der Waals surface area contributed by atoms with Gasteiger partial charge in [0, 0.05) is 6.07 Å². The topological polar surface area (TPSA) is 26.3 Å². The molecule has 2 aromatic rings. The maximum Gasteiger partial charge on any atom is 0.203 e. The number of hydrogen-bond donors (Lipinski definition) is 0. The summed E-state index contributed by atoms with van der Waals surface area (Å²) < 4.78 is 31.3. The van der Waals surface area contributed by atoms with Crippen LogP contribution in [0.5, 0.6) is 5.75 Å². The molecule has 2 aromatic carbocycles. The Morgan fingerprint density at radius 1 is 1.16 bits per heavy atom. The molecule has 0 fully saturated rings. The first kappa shape index (κ1) is 13.5. The third-order valence-electron chi connectivity index (χ3n) is 2.43. The lowest BCUT2D eigenvalue weighted by Gasteiger charge is -2.07. The minimum atomic E-state index is -0.909. The van der Waals surface area contributed by atoms with Crippen molar-refractivity contribution in [3.8, 4) is 5.75 Å². The minimum absolute atomic E-state index is 0.214. The summed E-state index contributed by atoms with van der Waals surface area (Å²) in [5, 5.41) is 0.356. The third-order valence-corrected chi connectivity index (χ3v) is 2.74. The number of para-hydroxylation sites is 1. The number of hydrogen-bond acceptors (Lipinski definition) is 2. The predicted molar refractivity (Wildman–Crippen MR) is 67.6 cm³/mol. The molecule has 0 aliphatic rings. The molecule has 0 N–H and O–H groups in total. The van der Waals surface area contributed by atoms with Crippen LogP contribution in [0.2, 0.25) is 5.02 Å². The summed E-state index contributed by atoms with van der Waals surface area (Å²) in [6.45, 7) is -0.369. The van der Waals surface area contributed by atoms with Crippen molar-refractivity contribution >= 4 is 17.4 Å². The summed E-state index contributed by atoms with van der Waals surface area (Å²) in [6.07, 6.45) is 0. The van der Waals surface area contributed by atoms with Crippen molar-refractivity contribution in [2.24, 2.45) is 0 Å². The molecule has 0 spiro atoms. The summed E-state index contributed by atoms with van der Waals surface area (Å²) >= 11 is 5.85. The van der Waals surface area contributed by atoms with Crippen LogP contribution in [0, 0.1) is 11.6 Å². The van der Waals surface area contributed by atoms with Crippen LogP contribution in [0.3, 0.4) is 0 Å². The summed E-state index contributed by atoms with van der Waals surface area (Å²) in [7, 11) is 0. The molecule has 0 aliphatic heterocycles. The normalized spacial score (nSPS) is 10.3. The highest BCUT2D eigenvalue weighted by molar-refractivity contribution is 6.32. The van der Waals surface area contributed by atoms with E-state index >= 15 is 0 Å². The average molecular weight is 283 g/mol. The van der Waals surface area contributed by atoms with Crippen molar-refractivity contribution < 1.29 is 18.3 Å². The molecule has 0 aliphatic carbocycles. The number of ether oxygens (including phenoxy) is 1. The zero-order chi connectivity index (χ0) is 13.8. The molecule has 5 heteroatoms. The Bertz CT molecular complexity index is 614. The third kappa shape index (κ3) is 3.29. The van der Waals surface area contributed by atoms with Gasteiger partial charge in [-0.2, -0.15) is 0 Å². The van der Waals surface area contributed by atoms with Crippen LogP contribution < -0.4 is 4.74 Å². The van der Waals surface area contributed by atoms with Crippen LogP contribution >= 0.6 is 11.6 Å². The van der Waals surface area contributed by atoms with E-state index in [9.17, 15) is 13.6 Å². The maximum absolute atomic E-state index is 13.4. The number of benzene rings is 2. The highest BCUT2D eigenvalue weighted by Gasteiger charge is 2.13. The molecule has 98 valence electrons. The smallest absolute Gasteiger partial charge is 0.203 e. The van der Waals surface area contributed by atoms with Crippen molar-refractivity contribution in [3.63, 3.8) is 0 Å². The lowest BCUT2D eigenvalue weighted by Crippen LogP contribution is -2.13. The van der Waals surface area contributed by atoms with Gasteiger partial charge in [0.15, 0.2) is 6.61 Å². The van der Waals surface area contributed by atoms with E-state index < -0.39 is 17.4 Å². The second-order valence-electron chi connectivity index (χ2n) is 3.77. The van der Waals surface area contributed by atoms with Gasteiger partial charge >= 0.3 is 0 Å². The van der Waals surface area contributed by atoms with Gasteiger partial charge in [-0.05, 0) is 24.3 Å². The highest BCUT2D eigenvalue weighted by Crippen LogP contribution is 2.23. The summed E-state index contributed by atoms with van der Waals surface area (Å²) in [5.41, 5.74) is -0.214. The lowest BCUT2D eigenvalue weighted by molar-refractivity contribution is 0.0917. The SMILES string of the molecule is O=C(COc1ccccc1Cl)c1ccc(F)cc1F. The van der Waals surface area contributed by atoms with Crippen LogP contribution in [0.15, 0.2) is 42.5 Å². The van der Waals surface area contributed by atoms with Gasteiger partial charge in [0.2, 0.25) is 5.78 Å². The van der Waals surface area contributed by atoms with E-state index in [2.05, 4.69) is 0 Å². The maximum atomic E-state index is 13.4. The second kappa shape index (κ2) is 5.80. The minimum Gasteiger partial charge on any atom is -0.484 e. The molecular weight excluding hydrogens is 274 g/mol. The fourth-order valence-electron chi connectivity index (χ4n) is 1.50. The number of carbonyl (C=O) groups excluding carboxylic acids is 1.